The lowest BCUT2D eigenvalue weighted by Gasteiger charge is -2.25. The fraction of sp³-hybridized carbons (Fsp3) is 0.188. The second-order valence-electron chi connectivity index (χ2n) is 4.66. The molecule has 20 heavy (non-hydrogen) atoms. The molecule has 2 aromatic carbocycles. The Balaban J connectivity index is 2.25. The number of hydrogen-bond acceptors (Lipinski definition) is 2. The Morgan fingerprint density at radius 1 is 1.15 bits per heavy atom. The van der Waals surface area contributed by atoms with Gasteiger partial charge in [0.05, 0.1) is 0 Å². The molecule has 0 aliphatic rings. The molecular weight excluding hydrogens is 274 g/mol. The van der Waals surface area contributed by atoms with Gasteiger partial charge < -0.3 is 5.11 Å². The van der Waals surface area contributed by atoms with Crippen molar-refractivity contribution in [2.45, 2.75) is 12.6 Å². The van der Waals surface area contributed by atoms with E-state index in [1.165, 1.54) is 0 Å². The third kappa shape index (κ3) is 3.38. The molecule has 0 amide bonds. The molecule has 4 heteroatoms. The summed E-state index contributed by atoms with van der Waals surface area (Å²) < 4.78 is 0. The first-order valence-electron chi connectivity index (χ1n) is 6.31. The van der Waals surface area contributed by atoms with Crippen LogP contribution in [0.5, 0.6) is 0 Å². The molecule has 0 bridgehead atoms. The van der Waals surface area contributed by atoms with Crippen LogP contribution in [0.15, 0.2) is 54.6 Å². The Hall–Kier alpha value is -1.84. The lowest BCUT2D eigenvalue weighted by molar-refractivity contribution is -0.143. The Morgan fingerprint density at radius 2 is 1.75 bits per heavy atom. The molecule has 0 aliphatic carbocycles. The first-order chi connectivity index (χ1) is 9.59. The molecule has 2 rings (SSSR count). The van der Waals surface area contributed by atoms with Crippen molar-refractivity contribution in [2.75, 3.05) is 7.05 Å². The van der Waals surface area contributed by atoms with Crippen LogP contribution in [0.1, 0.15) is 17.2 Å². The largest absolute Gasteiger partial charge is 0.480 e. The van der Waals surface area contributed by atoms with Crippen LogP contribution in [-0.2, 0) is 11.3 Å². The second-order valence-corrected chi connectivity index (χ2v) is 5.07. The maximum atomic E-state index is 11.6. The van der Waals surface area contributed by atoms with E-state index in [4.69, 9.17) is 11.6 Å². The number of likely N-dealkylation sites (N-methyl/N-ethyl adjacent to an activating group) is 1. The summed E-state index contributed by atoms with van der Waals surface area (Å²) in [4.78, 5) is 13.4. The zero-order chi connectivity index (χ0) is 14.5. The number of benzene rings is 2. The second kappa shape index (κ2) is 6.55. The fourth-order valence-electron chi connectivity index (χ4n) is 2.22. The van der Waals surface area contributed by atoms with Crippen LogP contribution in [-0.4, -0.2) is 23.0 Å². The normalized spacial score (nSPS) is 12.3. The molecule has 1 unspecified atom stereocenters. The molecule has 0 aliphatic heterocycles. The van der Waals surface area contributed by atoms with Crippen molar-refractivity contribution in [1.82, 2.24) is 4.90 Å². The van der Waals surface area contributed by atoms with Gasteiger partial charge in [-0.15, -0.1) is 0 Å². The van der Waals surface area contributed by atoms with E-state index in [0.717, 1.165) is 5.56 Å². The van der Waals surface area contributed by atoms with Crippen LogP contribution in [0.2, 0.25) is 5.02 Å². The summed E-state index contributed by atoms with van der Waals surface area (Å²) in [5, 5.41) is 9.97. The minimum Gasteiger partial charge on any atom is -0.480 e. The topological polar surface area (TPSA) is 40.5 Å². The molecule has 0 fully saturated rings. The summed E-state index contributed by atoms with van der Waals surface area (Å²) in [6.45, 7) is 0.545. The van der Waals surface area contributed by atoms with E-state index in [0.29, 0.717) is 17.1 Å². The Bertz CT molecular complexity index is 586. The van der Waals surface area contributed by atoms with Gasteiger partial charge in [-0.2, -0.15) is 0 Å². The van der Waals surface area contributed by atoms with Gasteiger partial charge in [-0.1, -0.05) is 60.1 Å². The molecule has 3 nitrogen and oxygen atoms in total. The molecule has 1 N–H and O–H groups in total. The number of nitrogens with zero attached hydrogens (tertiary/aromatic N) is 1. The fourth-order valence-corrected chi connectivity index (χ4v) is 2.46. The molecule has 0 heterocycles. The maximum Gasteiger partial charge on any atom is 0.325 e. The van der Waals surface area contributed by atoms with Crippen LogP contribution < -0.4 is 0 Å². The lowest BCUT2D eigenvalue weighted by Crippen LogP contribution is -2.30. The number of rotatable bonds is 5. The van der Waals surface area contributed by atoms with Gasteiger partial charge in [0.25, 0.3) is 0 Å². The zero-order valence-electron chi connectivity index (χ0n) is 11.2. The first-order valence-corrected chi connectivity index (χ1v) is 6.69. The van der Waals surface area contributed by atoms with Crippen molar-refractivity contribution in [1.29, 1.82) is 0 Å². The molecule has 1 atom stereocenters. The molecule has 0 spiro atoms. The van der Waals surface area contributed by atoms with Gasteiger partial charge in [0.2, 0.25) is 0 Å². The number of carbonyl (C=O) groups is 1. The smallest absolute Gasteiger partial charge is 0.325 e. The predicted molar refractivity (Wildman–Crippen MR) is 79.7 cm³/mol. The van der Waals surface area contributed by atoms with E-state index < -0.39 is 12.0 Å². The van der Waals surface area contributed by atoms with E-state index >= 15 is 0 Å². The minimum atomic E-state index is -0.906. The van der Waals surface area contributed by atoms with Gasteiger partial charge in [-0.25, -0.2) is 0 Å². The third-order valence-corrected chi connectivity index (χ3v) is 3.49. The van der Waals surface area contributed by atoms with E-state index in [2.05, 4.69) is 0 Å². The SMILES string of the molecule is CN(Cc1ccccc1)C(C(=O)O)c1ccccc1Cl. The summed E-state index contributed by atoms with van der Waals surface area (Å²) in [6.07, 6.45) is 0. The van der Waals surface area contributed by atoms with E-state index in [1.54, 1.807) is 36.2 Å². The highest BCUT2D eigenvalue weighted by molar-refractivity contribution is 6.31. The van der Waals surface area contributed by atoms with Crippen LogP contribution in [0.25, 0.3) is 0 Å². The first kappa shape index (κ1) is 14.6. The lowest BCUT2D eigenvalue weighted by atomic mass is 10.0. The van der Waals surface area contributed by atoms with E-state index in [9.17, 15) is 9.90 Å². The highest BCUT2D eigenvalue weighted by atomic mass is 35.5. The Kier molecular flexibility index (Phi) is 4.77. The summed E-state index contributed by atoms with van der Waals surface area (Å²) in [7, 11) is 1.79. The van der Waals surface area contributed by atoms with Gasteiger partial charge in [0.1, 0.15) is 6.04 Å². The van der Waals surface area contributed by atoms with Crippen LogP contribution in [0, 0.1) is 0 Å². The molecule has 104 valence electrons. The average molecular weight is 290 g/mol. The highest BCUT2D eigenvalue weighted by Crippen LogP contribution is 2.27. The Labute approximate surface area is 123 Å². The standard InChI is InChI=1S/C16H16ClNO2/c1-18(11-12-7-3-2-4-8-12)15(16(19)20)13-9-5-6-10-14(13)17/h2-10,15H,11H2,1H3,(H,19,20). The molecule has 0 radical (unpaired) electrons. The number of halogens is 1. The molecule has 0 saturated carbocycles. The van der Waals surface area contributed by atoms with Crippen LogP contribution in [0.3, 0.4) is 0 Å². The van der Waals surface area contributed by atoms with Gasteiger partial charge >= 0.3 is 5.97 Å². The van der Waals surface area contributed by atoms with Gasteiger partial charge in [0, 0.05) is 11.6 Å². The molecule has 2 aromatic rings. The zero-order valence-corrected chi connectivity index (χ0v) is 11.9. The number of carboxylic acids is 1. The Morgan fingerprint density at radius 3 is 2.35 bits per heavy atom. The number of carboxylic acid groups (broad SMARTS) is 1. The summed E-state index contributed by atoms with van der Waals surface area (Å²) in [5.74, 6) is -0.906. The monoisotopic (exact) mass is 289 g/mol. The maximum absolute atomic E-state index is 11.6. The molecular formula is C16H16ClNO2. The van der Waals surface area contributed by atoms with Gasteiger partial charge in [0.15, 0.2) is 0 Å². The minimum absolute atomic E-state index is 0.472. The quantitative estimate of drug-likeness (QED) is 0.914. The van der Waals surface area contributed by atoms with Gasteiger partial charge in [-0.05, 0) is 24.2 Å². The summed E-state index contributed by atoms with van der Waals surface area (Å²) in [6, 6.07) is 16.1. The highest BCUT2D eigenvalue weighted by Gasteiger charge is 2.26. The number of aliphatic carboxylic acids is 1. The van der Waals surface area contributed by atoms with E-state index in [-0.39, 0.29) is 0 Å². The molecule has 0 saturated heterocycles. The average Bonchev–Trinajstić information content (AvgIpc) is 2.42. The van der Waals surface area contributed by atoms with Crippen molar-refractivity contribution >= 4 is 17.6 Å². The summed E-state index contributed by atoms with van der Waals surface area (Å²) in [5.41, 5.74) is 1.67. The van der Waals surface area contributed by atoms with Crippen molar-refractivity contribution in [3.8, 4) is 0 Å². The summed E-state index contributed by atoms with van der Waals surface area (Å²) >= 11 is 6.12. The van der Waals surface area contributed by atoms with Crippen molar-refractivity contribution in [2.24, 2.45) is 0 Å². The molecule has 0 aromatic heterocycles. The van der Waals surface area contributed by atoms with Gasteiger partial charge in [-0.3, -0.25) is 9.69 Å². The van der Waals surface area contributed by atoms with Crippen molar-refractivity contribution in [3.63, 3.8) is 0 Å². The number of hydrogen-bond donors (Lipinski definition) is 1. The van der Waals surface area contributed by atoms with Crippen LogP contribution >= 0.6 is 11.6 Å². The predicted octanol–water partition coefficient (Wildman–Crippen LogP) is 3.60. The van der Waals surface area contributed by atoms with Crippen molar-refractivity contribution < 1.29 is 9.90 Å². The van der Waals surface area contributed by atoms with Crippen LogP contribution in [0.4, 0.5) is 0 Å². The third-order valence-electron chi connectivity index (χ3n) is 3.15. The van der Waals surface area contributed by atoms with E-state index in [1.807, 2.05) is 30.3 Å². The van der Waals surface area contributed by atoms with Crippen molar-refractivity contribution in [3.05, 3.63) is 70.7 Å².